The molecule has 0 amide bonds. The van der Waals surface area contributed by atoms with Gasteiger partial charge in [0.25, 0.3) is 0 Å². The van der Waals surface area contributed by atoms with Gasteiger partial charge in [0.05, 0.1) is 0 Å². The van der Waals surface area contributed by atoms with E-state index in [1.54, 1.807) is 6.92 Å². The number of hydrogen-bond donors (Lipinski definition) is 0. The quantitative estimate of drug-likeness (QED) is 0.833. The predicted octanol–water partition coefficient (Wildman–Crippen LogP) is 2.12. The van der Waals surface area contributed by atoms with E-state index in [4.69, 9.17) is 0 Å². The van der Waals surface area contributed by atoms with Gasteiger partial charge in [-0.15, -0.1) is 0 Å². The third kappa shape index (κ3) is 4.10. The zero-order chi connectivity index (χ0) is 13.8. The van der Waals surface area contributed by atoms with Gasteiger partial charge in [-0.1, -0.05) is 0 Å². The summed E-state index contributed by atoms with van der Waals surface area (Å²) in [4.78, 5) is 22.5. The number of Topliss-reactive ketones (excluding diaryl/α,β-unsaturated/α-hetero) is 1. The molecule has 1 aliphatic rings. The first kappa shape index (κ1) is 14.1. The number of ketones is 1. The highest BCUT2D eigenvalue weighted by atomic mass is 16.1. The first-order valence-corrected chi connectivity index (χ1v) is 7.07. The average molecular weight is 261 g/mol. The van der Waals surface area contributed by atoms with E-state index in [1.165, 1.54) is 18.5 Å². The summed E-state index contributed by atoms with van der Waals surface area (Å²) in [5, 5.41) is 0. The van der Waals surface area contributed by atoms with Crippen molar-refractivity contribution in [1.29, 1.82) is 0 Å². The molecule has 0 bridgehead atoms. The summed E-state index contributed by atoms with van der Waals surface area (Å²) >= 11 is 0. The van der Waals surface area contributed by atoms with E-state index in [0.29, 0.717) is 18.8 Å². The zero-order valence-electron chi connectivity index (χ0n) is 12.1. The molecule has 0 aromatic carbocycles. The van der Waals surface area contributed by atoms with E-state index in [2.05, 4.69) is 28.0 Å². The van der Waals surface area contributed by atoms with Crippen LogP contribution in [0.15, 0.2) is 6.07 Å². The van der Waals surface area contributed by atoms with Gasteiger partial charge in [0.1, 0.15) is 11.6 Å². The second kappa shape index (κ2) is 6.24. The maximum absolute atomic E-state index is 11.1. The first-order valence-electron chi connectivity index (χ1n) is 7.07. The monoisotopic (exact) mass is 261 g/mol. The molecule has 1 fully saturated rings. The molecule has 4 nitrogen and oxygen atoms in total. The van der Waals surface area contributed by atoms with Crippen LogP contribution < -0.4 is 0 Å². The molecule has 2 rings (SSSR count). The highest BCUT2D eigenvalue weighted by Gasteiger charge is 2.20. The van der Waals surface area contributed by atoms with Crippen LogP contribution in [0.3, 0.4) is 0 Å². The van der Waals surface area contributed by atoms with Crippen LogP contribution in [-0.2, 0) is 11.2 Å². The molecule has 0 radical (unpaired) electrons. The molecular weight excluding hydrogens is 238 g/mol. The Morgan fingerprint density at radius 2 is 2.05 bits per heavy atom. The molecule has 0 unspecified atom stereocenters. The van der Waals surface area contributed by atoms with Crippen LogP contribution in [0.2, 0.25) is 0 Å². The van der Waals surface area contributed by atoms with Gasteiger partial charge in [0.15, 0.2) is 0 Å². The van der Waals surface area contributed by atoms with Crippen molar-refractivity contribution in [3.63, 3.8) is 0 Å². The second-order valence-electron chi connectivity index (χ2n) is 5.63. The van der Waals surface area contributed by atoms with Crippen LogP contribution in [0.4, 0.5) is 0 Å². The molecule has 2 heterocycles. The Morgan fingerprint density at radius 3 is 2.68 bits per heavy atom. The Kier molecular flexibility index (Phi) is 4.64. The molecular formula is C15H23N3O. The molecule has 0 N–H and O–H groups in total. The number of rotatable bonds is 4. The van der Waals surface area contributed by atoms with Gasteiger partial charge in [-0.2, -0.15) is 0 Å². The average Bonchev–Trinajstić information content (AvgIpc) is 2.36. The lowest BCUT2D eigenvalue weighted by atomic mass is 9.93. The minimum absolute atomic E-state index is 0.200. The molecule has 0 atom stereocenters. The van der Waals surface area contributed by atoms with Crippen molar-refractivity contribution < 1.29 is 4.79 Å². The number of likely N-dealkylation sites (tertiary alicyclic amines) is 1. The number of carbonyl (C=O) groups is 1. The number of aryl methyl sites for hydroxylation is 2. The zero-order valence-corrected chi connectivity index (χ0v) is 12.1. The highest BCUT2D eigenvalue weighted by Crippen LogP contribution is 2.26. The summed E-state index contributed by atoms with van der Waals surface area (Å²) in [6, 6.07) is 2.10. The first-order chi connectivity index (χ1) is 9.04. The summed E-state index contributed by atoms with van der Waals surface area (Å²) in [7, 11) is 2.17. The number of hydrogen-bond acceptors (Lipinski definition) is 4. The van der Waals surface area contributed by atoms with E-state index in [1.807, 2.05) is 6.92 Å². The van der Waals surface area contributed by atoms with Gasteiger partial charge in [-0.3, -0.25) is 0 Å². The number of aromatic nitrogens is 2. The van der Waals surface area contributed by atoms with Gasteiger partial charge in [0, 0.05) is 30.1 Å². The summed E-state index contributed by atoms with van der Waals surface area (Å²) < 4.78 is 0. The Hall–Kier alpha value is -1.29. The molecule has 1 aliphatic heterocycles. The van der Waals surface area contributed by atoms with Gasteiger partial charge in [-0.05, 0) is 52.9 Å². The Balaban J connectivity index is 2.09. The Morgan fingerprint density at radius 1 is 1.37 bits per heavy atom. The summed E-state index contributed by atoms with van der Waals surface area (Å²) in [5.41, 5.74) is 2.18. The molecule has 0 spiro atoms. The molecule has 1 saturated heterocycles. The van der Waals surface area contributed by atoms with Crippen LogP contribution in [0.1, 0.15) is 49.3 Å². The molecule has 104 valence electrons. The third-order valence-corrected chi connectivity index (χ3v) is 3.76. The third-order valence-electron chi connectivity index (χ3n) is 3.76. The van der Waals surface area contributed by atoms with Gasteiger partial charge in [0.2, 0.25) is 0 Å². The molecule has 0 aliphatic carbocycles. The van der Waals surface area contributed by atoms with Crippen molar-refractivity contribution in [2.75, 3.05) is 20.1 Å². The van der Waals surface area contributed by atoms with Gasteiger partial charge < -0.3 is 9.69 Å². The number of nitrogens with zero attached hydrogens (tertiary/aromatic N) is 3. The SMILES string of the molecule is CC(=O)CCc1nc(C)cc(C2CCN(C)CC2)n1. The van der Waals surface area contributed by atoms with Crippen molar-refractivity contribution in [3.8, 4) is 0 Å². The fraction of sp³-hybridized carbons (Fsp3) is 0.667. The van der Waals surface area contributed by atoms with Crippen molar-refractivity contribution in [2.45, 2.75) is 45.4 Å². The van der Waals surface area contributed by atoms with Crippen LogP contribution in [-0.4, -0.2) is 40.8 Å². The van der Waals surface area contributed by atoms with E-state index >= 15 is 0 Å². The molecule has 0 saturated carbocycles. The molecule has 4 heteroatoms. The minimum atomic E-state index is 0.200. The summed E-state index contributed by atoms with van der Waals surface area (Å²) in [6.45, 7) is 5.90. The van der Waals surface area contributed by atoms with Gasteiger partial charge in [-0.25, -0.2) is 9.97 Å². The Bertz CT molecular complexity index is 451. The normalized spacial score (nSPS) is 17.6. The fourth-order valence-electron chi connectivity index (χ4n) is 2.57. The minimum Gasteiger partial charge on any atom is -0.306 e. The van der Waals surface area contributed by atoms with Crippen molar-refractivity contribution in [3.05, 3.63) is 23.3 Å². The topological polar surface area (TPSA) is 46.1 Å². The van der Waals surface area contributed by atoms with Crippen LogP contribution in [0.5, 0.6) is 0 Å². The van der Waals surface area contributed by atoms with E-state index in [0.717, 1.165) is 24.6 Å². The van der Waals surface area contributed by atoms with Crippen LogP contribution in [0.25, 0.3) is 0 Å². The lowest BCUT2D eigenvalue weighted by molar-refractivity contribution is -0.117. The highest BCUT2D eigenvalue weighted by molar-refractivity contribution is 5.75. The largest absolute Gasteiger partial charge is 0.306 e. The standard InChI is InChI=1S/C15H23N3O/c1-11-10-14(13-6-8-18(3)9-7-13)17-15(16-11)5-4-12(2)19/h10,13H,4-9H2,1-3H3. The van der Waals surface area contributed by atoms with Gasteiger partial charge >= 0.3 is 0 Å². The fourth-order valence-corrected chi connectivity index (χ4v) is 2.57. The van der Waals surface area contributed by atoms with Crippen molar-refractivity contribution >= 4 is 5.78 Å². The summed E-state index contributed by atoms with van der Waals surface area (Å²) in [6.07, 6.45) is 3.53. The Labute approximate surface area is 115 Å². The van der Waals surface area contributed by atoms with E-state index in [-0.39, 0.29) is 5.78 Å². The van der Waals surface area contributed by atoms with E-state index < -0.39 is 0 Å². The predicted molar refractivity (Wildman–Crippen MR) is 75.2 cm³/mol. The van der Waals surface area contributed by atoms with Crippen molar-refractivity contribution in [1.82, 2.24) is 14.9 Å². The molecule has 19 heavy (non-hydrogen) atoms. The van der Waals surface area contributed by atoms with E-state index in [9.17, 15) is 4.79 Å². The van der Waals surface area contributed by atoms with Crippen LogP contribution in [0, 0.1) is 6.92 Å². The van der Waals surface area contributed by atoms with Crippen molar-refractivity contribution in [2.24, 2.45) is 0 Å². The van der Waals surface area contributed by atoms with Crippen LogP contribution >= 0.6 is 0 Å². The number of carbonyl (C=O) groups excluding carboxylic acids is 1. The molecule has 1 aromatic rings. The lowest BCUT2D eigenvalue weighted by Crippen LogP contribution is -2.29. The number of piperidine rings is 1. The molecule has 1 aromatic heterocycles. The summed E-state index contributed by atoms with van der Waals surface area (Å²) in [5.74, 6) is 1.57. The smallest absolute Gasteiger partial charge is 0.130 e. The maximum Gasteiger partial charge on any atom is 0.130 e. The maximum atomic E-state index is 11.1. The second-order valence-corrected chi connectivity index (χ2v) is 5.63. The lowest BCUT2D eigenvalue weighted by Gasteiger charge is -2.28.